The summed E-state index contributed by atoms with van der Waals surface area (Å²) in [5.74, 6) is 0.0279. The summed E-state index contributed by atoms with van der Waals surface area (Å²) in [6.45, 7) is 8.30. The second-order valence-corrected chi connectivity index (χ2v) is 8.35. The lowest BCUT2D eigenvalue weighted by Crippen LogP contribution is -2.50. The fraction of sp³-hybridized carbons (Fsp3) is 0.458. The Morgan fingerprint density at radius 2 is 1.71 bits per heavy atom. The van der Waals surface area contributed by atoms with E-state index in [2.05, 4.69) is 25.2 Å². The number of anilines is 1. The Morgan fingerprint density at radius 1 is 1.03 bits per heavy atom. The van der Waals surface area contributed by atoms with Crippen molar-refractivity contribution in [2.45, 2.75) is 46.5 Å². The minimum absolute atomic E-state index is 0. The van der Waals surface area contributed by atoms with Crippen molar-refractivity contribution in [3.63, 3.8) is 0 Å². The second kappa shape index (κ2) is 11.1. The SMILES string of the molecule is CC(C)=CCC/C(C)=C/C(=O)N1CCN(C(=O)c2ccc3c(c2)CCC(=O)N3)CC1.Cl. The Balaban J connectivity index is 0.00000341. The molecule has 6 nitrogen and oxygen atoms in total. The highest BCUT2D eigenvalue weighted by Crippen LogP contribution is 2.24. The van der Waals surface area contributed by atoms with Gasteiger partial charge in [-0.05, 0) is 63.8 Å². The molecule has 0 aliphatic carbocycles. The van der Waals surface area contributed by atoms with E-state index in [9.17, 15) is 14.4 Å². The van der Waals surface area contributed by atoms with E-state index < -0.39 is 0 Å². The van der Waals surface area contributed by atoms with Gasteiger partial charge >= 0.3 is 0 Å². The van der Waals surface area contributed by atoms with Crippen molar-refractivity contribution in [2.24, 2.45) is 0 Å². The van der Waals surface area contributed by atoms with E-state index in [0.717, 1.165) is 29.7 Å². The van der Waals surface area contributed by atoms with E-state index in [-0.39, 0.29) is 30.1 Å². The molecule has 1 aromatic rings. The third-order valence-corrected chi connectivity index (χ3v) is 5.59. The molecule has 1 saturated heterocycles. The van der Waals surface area contributed by atoms with Crippen molar-refractivity contribution >= 4 is 35.8 Å². The Kier molecular flexibility index (Phi) is 8.87. The number of nitrogens with zero attached hydrogens (tertiary/aromatic N) is 2. The van der Waals surface area contributed by atoms with Crippen LogP contribution in [0.2, 0.25) is 0 Å². The quantitative estimate of drug-likeness (QED) is 0.550. The number of fused-ring (bicyclic) bond motifs is 1. The number of amides is 3. The summed E-state index contributed by atoms with van der Waals surface area (Å²) in [4.78, 5) is 40.5. The molecule has 2 heterocycles. The summed E-state index contributed by atoms with van der Waals surface area (Å²) in [6, 6.07) is 5.46. The molecule has 0 spiro atoms. The molecule has 0 atom stereocenters. The predicted octanol–water partition coefficient (Wildman–Crippen LogP) is 3.97. The number of allylic oxidation sites excluding steroid dienone is 3. The molecule has 2 aliphatic rings. The topological polar surface area (TPSA) is 69.7 Å². The van der Waals surface area contributed by atoms with Gasteiger partial charge in [0.1, 0.15) is 0 Å². The Bertz CT molecular complexity index is 895. The van der Waals surface area contributed by atoms with Gasteiger partial charge in [-0.25, -0.2) is 0 Å². The summed E-state index contributed by atoms with van der Waals surface area (Å²) in [6.07, 6.45) is 6.85. The predicted molar refractivity (Wildman–Crippen MR) is 126 cm³/mol. The average molecular weight is 446 g/mol. The number of piperazine rings is 1. The molecule has 1 fully saturated rings. The molecule has 0 saturated carbocycles. The first-order valence-electron chi connectivity index (χ1n) is 10.6. The van der Waals surface area contributed by atoms with Gasteiger partial charge in [0.05, 0.1) is 0 Å². The first kappa shape index (κ1) is 24.7. The van der Waals surface area contributed by atoms with Crippen molar-refractivity contribution < 1.29 is 14.4 Å². The van der Waals surface area contributed by atoms with Crippen LogP contribution in [0.25, 0.3) is 0 Å². The summed E-state index contributed by atoms with van der Waals surface area (Å²) in [7, 11) is 0. The normalized spacial score (nSPS) is 16.1. The van der Waals surface area contributed by atoms with Crippen LogP contribution < -0.4 is 5.32 Å². The highest BCUT2D eigenvalue weighted by molar-refractivity contribution is 5.98. The Hall–Kier alpha value is -2.60. The Morgan fingerprint density at radius 3 is 2.39 bits per heavy atom. The molecular formula is C24H32ClN3O3. The molecule has 0 aromatic heterocycles. The highest BCUT2D eigenvalue weighted by Gasteiger charge is 2.25. The molecule has 2 aliphatic heterocycles. The van der Waals surface area contributed by atoms with Crippen LogP contribution in [-0.2, 0) is 16.0 Å². The van der Waals surface area contributed by atoms with Gasteiger partial charge in [0.15, 0.2) is 0 Å². The summed E-state index contributed by atoms with van der Waals surface area (Å²) < 4.78 is 0. The van der Waals surface area contributed by atoms with Crippen LogP contribution in [0.1, 0.15) is 56.0 Å². The zero-order valence-corrected chi connectivity index (χ0v) is 19.4. The zero-order chi connectivity index (χ0) is 21.7. The second-order valence-electron chi connectivity index (χ2n) is 8.35. The van der Waals surface area contributed by atoms with Crippen LogP contribution in [0.5, 0.6) is 0 Å². The number of carbonyl (C=O) groups is 3. The maximum atomic E-state index is 12.9. The number of benzene rings is 1. The van der Waals surface area contributed by atoms with Crippen LogP contribution in [-0.4, -0.2) is 53.7 Å². The third kappa shape index (κ3) is 6.69. The van der Waals surface area contributed by atoms with Gasteiger partial charge in [0, 0.05) is 49.9 Å². The minimum Gasteiger partial charge on any atom is -0.336 e. The minimum atomic E-state index is -0.0183. The molecule has 0 radical (unpaired) electrons. The van der Waals surface area contributed by atoms with E-state index in [4.69, 9.17) is 0 Å². The van der Waals surface area contributed by atoms with E-state index in [0.29, 0.717) is 44.6 Å². The smallest absolute Gasteiger partial charge is 0.253 e. The number of hydrogen-bond donors (Lipinski definition) is 1. The molecule has 3 rings (SSSR count). The standard InChI is InChI=1S/C24H31N3O3.ClH/c1-17(2)5-4-6-18(3)15-23(29)26-11-13-27(14-12-26)24(30)20-7-9-21-19(16-20)8-10-22(28)25-21;/h5,7,9,15-16H,4,6,8,10-14H2,1-3H3,(H,25,28);1H/b18-15+;. The van der Waals surface area contributed by atoms with Gasteiger partial charge in [0.25, 0.3) is 5.91 Å². The van der Waals surface area contributed by atoms with Crippen molar-refractivity contribution in [3.05, 3.63) is 52.6 Å². The van der Waals surface area contributed by atoms with Crippen molar-refractivity contribution in [1.82, 2.24) is 9.80 Å². The van der Waals surface area contributed by atoms with E-state index in [1.54, 1.807) is 17.0 Å². The first-order chi connectivity index (χ1) is 14.3. The average Bonchev–Trinajstić information content (AvgIpc) is 2.72. The number of nitrogens with one attached hydrogen (secondary N) is 1. The molecular weight excluding hydrogens is 414 g/mol. The van der Waals surface area contributed by atoms with Gasteiger partial charge in [-0.1, -0.05) is 17.2 Å². The molecule has 1 N–H and O–H groups in total. The molecule has 168 valence electrons. The van der Waals surface area contributed by atoms with Crippen LogP contribution >= 0.6 is 12.4 Å². The number of rotatable bonds is 5. The maximum absolute atomic E-state index is 12.9. The monoisotopic (exact) mass is 445 g/mol. The van der Waals surface area contributed by atoms with E-state index in [1.807, 2.05) is 24.0 Å². The Labute approximate surface area is 190 Å². The van der Waals surface area contributed by atoms with Gasteiger partial charge in [-0.3, -0.25) is 14.4 Å². The van der Waals surface area contributed by atoms with Gasteiger partial charge < -0.3 is 15.1 Å². The molecule has 0 unspecified atom stereocenters. The molecule has 3 amide bonds. The van der Waals surface area contributed by atoms with Gasteiger partial charge in [0.2, 0.25) is 11.8 Å². The van der Waals surface area contributed by atoms with Crippen LogP contribution in [0, 0.1) is 0 Å². The highest BCUT2D eigenvalue weighted by atomic mass is 35.5. The van der Waals surface area contributed by atoms with Crippen LogP contribution in [0.15, 0.2) is 41.5 Å². The van der Waals surface area contributed by atoms with Crippen molar-refractivity contribution in [2.75, 3.05) is 31.5 Å². The lowest BCUT2D eigenvalue weighted by molar-refractivity contribution is -0.127. The fourth-order valence-corrected chi connectivity index (χ4v) is 3.79. The lowest BCUT2D eigenvalue weighted by Gasteiger charge is -2.34. The number of aryl methyl sites for hydroxylation is 1. The third-order valence-electron chi connectivity index (χ3n) is 5.59. The number of carbonyl (C=O) groups excluding carboxylic acids is 3. The molecule has 1 aromatic carbocycles. The summed E-state index contributed by atoms with van der Waals surface area (Å²) in [5.41, 5.74) is 4.81. The van der Waals surface area contributed by atoms with Crippen molar-refractivity contribution in [1.29, 1.82) is 0 Å². The van der Waals surface area contributed by atoms with Crippen LogP contribution in [0.4, 0.5) is 5.69 Å². The molecule has 31 heavy (non-hydrogen) atoms. The van der Waals surface area contributed by atoms with Crippen molar-refractivity contribution in [3.8, 4) is 0 Å². The maximum Gasteiger partial charge on any atom is 0.253 e. The van der Waals surface area contributed by atoms with Crippen LogP contribution in [0.3, 0.4) is 0 Å². The van der Waals surface area contributed by atoms with E-state index in [1.165, 1.54) is 5.57 Å². The zero-order valence-electron chi connectivity index (χ0n) is 18.6. The largest absolute Gasteiger partial charge is 0.336 e. The van der Waals surface area contributed by atoms with Gasteiger partial charge in [-0.2, -0.15) is 0 Å². The first-order valence-corrected chi connectivity index (χ1v) is 10.6. The number of halogens is 1. The number of hydrogen-bond acceptors (Lipinski definition) is 3. The lowest BCUT2D eigenvalue weighted by atomic mass is 10.00. The van der Waals surface area contributed by atoms with Gasteiger partial charge in [-0.15, -0.1) is 12.4 Å². The molecule has 0 bridgehead atoms. The molecule has 7 heteroatoms. The summed E-state index contributed by atoms with van der Waals surface area (Å²) >= 11 is 0. The fourth-order valence-electron chi connectivity index (χ4n) is 3.79. The van der Waals surface area contributed by atoms with E-state index >= 15 is 0 Å². The summed E-state index contributed by atoms with van der Waals surface area (Å²) in [5, 5.41) is 2.84.